The van der Waals surface area contributed by atoms with Crippen LogP contribution in [0.25, 0.3) is 0 Å². The zero-order chi connectivity index (χ0) is 16.9. The number of hydrogen-bond donors (Lipinski definition) is 1. The van der Waals surface area contributed by atoms with Gasteiger partial charge in [0.05, 0.1) is 11.6 Å². The minimum Gasteiger partial charge on any atom is -0.379 e. The summed E-state index contributed by atoms with van der Waals surface area (Å²) in [4.78, 5) is 6.13. The van der Waals surface area contributed by atoms with Crippen molar-refractivity contribution in [1.82, 2.24) is 4.98 Å². The fraction of sp³-hybridized carbons (Fsp3) is 0.118. The molecule has 2 aromatic carbocycles. The number of benzene rings is 2. The second kappa shape index (κ2) is 8.21. The smallest absolute Gasteiger partial charge is 0.183 e. The number of thioether (sulfide) groups is 1. The summed E-state index contributed by atoms with van der Waals surface area (Å²) in [5.74, 6) is 0.161. The third-order valence-electron chi connectivity index (χ3n) is 3.28. The molecule has 124 valence electrons. The van der Waals surface area contributed by atoms with Crippen LogP contribution in [0, 0.1) is 5.82 Å². The Bertz CT molecular complexity index is 839. The van der Waals surface area contributed by atoms with Crippen molar-refractivity contribution in [2.24, 2.45) is 0 Å². The van der Waals surface area contributed by atoms with Gasteiger partial charge in [-0.15, -0.1) is 23.1 Å². The van der Waals surface area contributed by atoms with E-state index in [4.69, 9.17) is 23.2 Å². The Hall–Kier alpha value is -1.27. The van der Waals surface area contributed by atoms with Crippen molar-refractivity contribution in [2.45, 2.75) is 17.2 Å². The van der Waals surface area contributed by atoms with Gasteiger partial charge in [0.25, 0.3) is 0 Å². The molecule has 0 fully saturated rings. The Morgan fingerprint density at radius 2 is 1.96 bits per heavy atom. The number of aromatic nitrogens is 1. The van der Waals surface area contributed by atoms with Crippen LogP contribution in [0.1, 0.15) is 10.4 Å². The molecule has 1 aromatic heterocycles. The van der Waals surface area contributed by atoms with Gasteiger partial charge in [-0.05, 0) is 23.8 Å². The molecule has 0 atom stereocenters. The fourth-order valence-electron chi connectivity index (χ4n) is 2.10. The summed E-state index contributed by atoms with van der Waals surface area (Å²) >= 11 is 14.7. The van der Waals surface area contributed by atoms with Crippen molar-refractivity contribution in [3.8, 4) is 0 Å². The third-order valence-corrected chi connectivity index (χ3v) is 5.81. The van der Waals surface area contributed by atoms with Gasteiger partial charge >= 0.3 is 0 Å². The quantitative estimate of drug-likeness (QED) is 0.480. The monoisotopic (exact) mass is 398 g/mol. The maximum absolute atomic E-state index is 14.0. The van der Waals surface area contributed by atoms with Crippen LogP contribution in [0.15, 0.2) is 53.6 Å². The topological polar surface area (TPSA) is 24.9 Å². The van der Waals surface area contributed by atoms with Gasteiger partial charge in [0.2, 0.25) is 0 Å². The molecule has 0 aliphatic heterocycles. The lowest BCUT2D eigenvalue weighted by atomic mass is 10.2. The molecule has 0 radical (unpaired) electrons. The SMILES string of the molecule is Fc1c(Cl)cccc1CSc1ccccc1NCc1cnc(Cl)s1. The van der Waals surface area contributed by atoms with Crippen molar-refractivity contribution in [3.63, 3.8) is 0 Å². The average molecular weight is 399 g/mol. The molecular formula is C17H13Cl2FN2S2. The predicted molar refractivity (Wildman–Crippen MR) is 102 cm³/mol. The lowest BCUT2D eigenvalue weighted by molar-refractivity contribution is 0.618. The molecule has 0 saturated heterocycles. The zero-order valence-electron chi connectivity index (χ0n) is 12.4. The average Bonchev–Trinajstić information content (AvgIpc) is 3.00. The summed E-state index contributed by atoms with van der Waals surface area (Å²) in [6.45, 7) is 0.646. The summed E-state index contributed by atoms with van der Waals surface area (Å²) in [5.41, 5.74) is 1.59. The van der Waals surface area contributed by atoms with Crippen LogP contribution in [-0.4, -0.2) is 4.98 Å². The standard InChI is InChI=1S/C17H13Cl2FN2S2/c18-13-5-3-4-11(16(13)20)10-23-15-7-2-1-6-14(15)21-8-12-9-22-17(19)24-12/h1-7,9,21H,8,10H2. The van der Waals surface area contributed by atoms with Crippen LogP contribution < -0.4 is 5.32 Å². The lowest BCUT2D eigenvalue weighted by Crippen LogP contribution is -1.99. The number of nitrogens with zero attached hydrogens (tertiary/aromatic N) is 1. The first-order chi connectivity index (χ1) is 11.6. The van der Waals surface area contributed by atoms with Crippen LogP contribution in [0.3, 0.4) is 0 Å². The molecule has 3 aromatic rings. The number of thiazole rings is 1. The molecule has 0 aliphatic rings. The van der Waals surface area contributed by atoms with Crippen molar-refractivity contribution in [1.29, 1.82) is 0 Å². The summed E-state index contributed by atoms with van der Waals surface area (Å²) in [6.07, 6.45) is 1.76. The van der Waals surface area contributed by atoms with Gasteiger partial charge in [-0.1, -0.05) is 47.5 Å². The van der Waals surface area contributed by atoms with Gasteiger partial charge < -0.3 is 5.32 Å². The molecule has 2 nitrogen and oxygen atoms in total. The van der Waals surface area contributed by atoms with Crippen molar-refractivity contribution in [3.05, 3.63) is 74.4 Å². The van der Waals surface area contributed by atoms with Crippen LogP contribution in [0.5, 0.6) is 0 Å². The van der Waals surface area contributed by atoms with Gasteiger partial charge in [-0.3, -0.25) is 0 Å². The van der Waals surface area contributed by atoms with Crippen LogP contribution in [0.4, 0.5) is 10.1 Å². The first kappa shape index (κ1) is 17.5. The maximum atomic E-state index is 14.0. The molecule has 0 unspecified atom stereocenters. The van der Waals surface area contributed by atoms with E-state index in [1.54, 1.807) is 36.2 Å². The Kier molecular flexibility index (Phi) is 6.00. The van der Waals surface area contributed by atoms with Crippen LogP contribution in [0.2, 0.25) is 9.49 Å². The molecule has 0 bridgehead atoms. The highest BCUT2D eigenvalue weighted by Crippen LogP contribution is 2.32. The molecule has 0 aliphatic carbocycles. The van der Waals surface area contributed by atoms with E-state index in [9.17, 15) is 4.39 Å². The number of para-hydroxylation sites is 1. The van der Waals surface area contributed by atoms with E-state index >= 15 is 0 Å². The number of nitrogens with one attached hydrogen (secondary N) is 1. The molecule has 24 heavy (non-hydrogen) atoms. The first-order valence-corrected chi connectivity index (χ1v) is 9.68. The highest BCUT2D eigenvalue weighted by molar-refractivity contribution is 7.98. The molecule has 1 heterocycles. The Labute approximate surface area is 158 Å². The van der Waals surface area contributed by atoms with Gasteiger partial charge in [0.1, 0.15) is 5.82 Å². The largest absolute Gasteiger partial charge is 0.379 e. The van der Waals surface area contributed by atoms with E-state index in [1.165, 1.54) is 11.3 Å². The highest BCUT2D eigenvalue weighted by Gasteiger charge is 2.09. The Balaban J connectivity index is 1.68. The molecule has 1 N–H and O–H groups in total. The normalized spacial score (nSPS) is 10.8. The summed E-state index contributed by atoms with van der Waals surface area (Å²) in [6, 6.07) is 13.0. The van der Waals surface area contributed by atoms with Gasteiger partial charge in [-0.25, -0.2) is 9.37 Å². The molecule has 0 saturated carbocycles. The summed E-state index contributed by atoms with van der Waals surface area (Å²) in [7, 11) is 0. The fourth-order valence-corrected chi connectivity index (χ4v) is 4.22. The molecule has 3 rings (SSSR count). The Morgan fingerprint density at radius 1 is 1.12 bits per heavy atom. The van der Waals surface area contributed by atoms with Gasteiger partial charge in [0.15, 0.2) is 4.47 Å². The second-order valence-corrected chi connectivity index (χ2v) is 8.05. The molecule has 7 heteroatoms. The number of anilines is 1. The zero-order valence-corrected chi connectivity index (χ0v) is 15.6. The maximum Gasteiger partial charge on any atom is 0.183 e. The molecular weight excluding hydrogens is 386 g/mol. The molecule has 0 amide bonds. The number of hydrogen-bond acceptors (Lipinski definition) is 4. The Morgan fingerprint density at radius 3 is 2.75 bits per heavy atom. The first-order valence-electron chi connectivity index (χ1n) is 7.12. The summed E-state index contributed by atoms with van der Waals surface area (Å²) < 4.78 is 14.5. The van der Waals surface area contributed by atoms with E-state index in [1.807, 2.05) is 24.3 Å². The minimum absolute atomic E-state index is 0.154. The van der Waals surface area contributed by atoms with E-state index in [-0.39, 0.29) is 10.8 Å². The van der Waals surface area contributed by atoms with Gasteiger partial charge in [0, 0.05) is 27.4 Å². The minimum atomic E-state index is -0.351. The van der Waals surface area contributed by atoms with Crippen LogP contribution in [-0.2, 0) is 12.3 Å². The van der Waals surface area contributed by atoms with E-state index in [0.717, 1.165) is 15.5 Å². The summed E-state index contributed by atoms with van der Waals surface area (Å²) in [5, 5.41) is 3.53. The number of halogens is 3. The highest BCUT2D eigenvalue weighted by atomic mass is 35.5. The lowest BCUT2D eigenvalue weighted by Gasteiger charge is -2.11. The van der Waals surface area contributed by atoms with E-state index in [0.29, 0.717) is 22.3 Å². The second-order valence-electron chi connectivity index (χ2n) is 4.93. The van der Waals surface area contributed by atoms with Crippen molar-refractivity contribution in [2.75, 3.05) is 5.32 Å². The van der Waals surface area contributed by atoms with Crippen molar-refractivity contribution < 1.29 is 4.39 Å². The predicted octanol–water partition coefficient (Wildman–Crippen LogP) is 6.49. The number of rotatable bonds is 6. The van der Waals surface area contributed by atoms with Gasteiger partial charge in [-0.2, -0.15) is 0 Å². The van der Waals surface area contributed by atoms with Crippen LogP contribution >= 0.6 is 46.3 Å². The van der Waals surface area contributed by atoms with E-state index in [2.05, 4.69) is 10.3 Å². The van der Waals surface area contributed by atoms with E-state index < -0.39 is 0 Å². The third kappa shape index (κ3) is 4.42. The molecule has 0 spiro atoms. The van der Waals surface area contributed by atoms with Crippen molar-refractivity contribution >= 4 is 52.0 Å².